The standard InChI is InChI=1S/C24H27N3O2/c1-4-14-29-23-12-10-21(11-13-23)24(28)26-25-16-22-15-18(2)27(19(22)3)17-20-8-6-5-7-9-20/h5-13,15-16H,4,14,17H2,1-3H3,(H,26,28)/b25-16+. The molecular weight excluding hydrogens is 362 g/mol. The summed E-state index contributed by atoms with van der Waals surface area (Å²) in [7, 11) is 0. The normalized spacial score (nSPS) is 11.0. The average Bonchev–Trinajstić information content (AvgIpc) is 3.01. The van der Waals surface area contributed by atoms with E-state index < -0.39 is 0 Å². The maximum Gasteiger partial charge on any atom is 0.271 e. The summed E-state index contributed by atoms with van der Waals surface area (Å²) < 4.78 is 7.78. The lowest BCUT2D eigenvalue weighted by atomic mass is 10.2. The van der Waals surface area contributed by atoms with E-state index in [4.69, 9.17) is 4.74 Å². The molecule has 1 aromatic heterocycles. The molecule has 5 nitrogen and oxygen atoms in total. The highest BCUT2D eigenvalue weighted by molar-refractivity contribution is 5.95. The minimum atomic E-state index is -0.249. The number of hydrogen-bond donors (Lipinski definition) is 1. The largest absolute Gasteiger partial charge is 0.494 e. The Morgan fingerprint density at radius 1 is 1.10 bits per heavy atom. The van der Waals surface area contributed by atoms with Crippen LogP contribution in [0.25, 0.3) is 0 Å². The summed E-state index contributed by atoms with van der Waals surface area (Å²) in [6.45, 7) is 7.67. The third-order valence-corrected chi connectivity index (χ3v) is 4.76. The second kappa shape index (κ2) is 9.73. The maximum atomic E-state index is 12.3. The zero-order valence-electron chi connectivity index (χ0n) is 17.2. The number of benzene rings is 2. The summed E-state index contributed by atoms with van der Waals surface area (Å²) in [5.41, 5.74) is 7.64. The third kappa shape index (κ3) is 5.35. The molecule has 5 heteroatoms. The SMILES string of the molecule is CCCOc1ccc(C(=O)N/N=C/c2cc(C)n(Cc3ccccc3)c2C)cc1. The number of hydrazone groups is 1. The topological polar surface area (TPSA) is 55.6 Å². The first-order valence-electron chi connectivity index (χ1n) is 9.85. The molecule has 0 aliphatic carbocycles. The van der Waals surface area contributed by atoms with Gasteiger partial charge in [-0.25, -0.2) is 5.43 Å². The first-order valence-corrected chi connectivity index (χ1v) is 9.85. The van der Waals surface area contributed by atoms with Crippen LogP contribution in [0.4, 0.5) is 0 Å². The van der Waals surface area contributed by atoms with E-state index in [9.17, 15) is 4.79 Å². The van der Waals surface area contributed by atoms with E-state index in [0.717, 1.165) is 35.7 Å². The predicted octanol–water partition coefficient (Wildman–Crippen LogP) is 4.71. The Kier molecular flexibility index (Phi) is 6.85. The van der Waals surface area contributed by atoms with Crippen molar-refractivity contribution in [2.45, 2.75) is 33.7 Å². The highest BCUT2D eigenvalue weighted by atomic mass is 16.5. The fourth-order valence-electron chi connectivity index (χ4n) is 3.12. The van der Waals surface area contributed by atoms with Crippen LogP contribution >= 0.6 is 0 Å². The van der Waals surface area contributed by atoms with Gasteiger partial charge in [-0.05, 0) is 56.2 Å². The summed E-state index contributed by atoms with van der Waals surface area (Å²) in [4.78, 5) is 12.3. The van der Waals surface area contributed by atoms with Gasteiger partial charge in [-0.3, -0.25) is 4.79 Å². The van der Waals surface area contributed by atoms with Gasteiger partial charge in [-0.15, -0.1) is 0 Å². The molecule has 0 aliphatic heterocycles. The van der Waals surface area contributed by atoms with E-state index in [0.29, 0.717) is 12.2 Å². The van der Waals surface area contributed by atoms with Gasteiger partial charge < -0.3 is 9.30 Å². The van der Waals surface area contributed by atoms with Crippen molar-refractivity contribution in [1.29, 1.82) is 0 Å². The van der Waals surface area contributed by atoms with Crippen LogP contribution in [0.1, 0.15) is 46.2 Å². The number of nitrogens with zero attached hydrogens (tertiary/aromatic N) is 2. The summed E-state index contributed by atoms with van der Waals surface area (Å²) in [5.74, 6) is 0.513. The fraction of sp³-hybridized carbons (Fsp3) is 0.250. The molecule has 3 rings (SSSR count). The number of amides is 1. The van der Waals surface area contributed by atoms with Gasteiger partial charge in [-0.1, -0.05) is 37.3 Å². The van der Waals surface area contributed by atoms with Crippen molar-refractivity contribution in [3.8, 4) is 5.75 Å². The molecule has 29 heavy (non-hydrogen) atoms. The van der Waals surface area contributed by atoms with Gasteiger partial charge >= 0.3 is 0 Å². The van der Waals surface area contributed by atoms with Gasteiger partial charge in [-0.2, -0.15) is 5.10 Å². The van der Waals surface area contributed by atoms with E-state index in [2.05, 4.69) is 54.1 Å². The molecule has 150 valence electrons. The Hall–Kier alpha value is -3.34. The van der Waals surface area contributed by atoms with Gasteiger partial charge in [0.15, 0.2) is 0 Å². The fourth-order valence-corrected chi connectivity index (χ4v) is 3.12. The lowest BCUT2D eigenvalue weighted by molar-refractivity contribution is 0.0955. The number of ether oxygens (including phenoxy) is 1. The van der Waals surface area contributed by atoms with E-state index in [1.807, 2.05) is 18.2 Å². The van der Waals surface area contributed by atoms with Crippen molar-refractivity contribution in [1.82, 2.24) is 9.99 Å². The van der Waals surface area contributed by atoms with Crippen LogP contribution in [0, 0.1) is 13.8 Å². The van der Waals surface area contributed by atoms with Crippen molar-refractivity contribution in [2.24, 2.45) is 5.10 Å². The van der Waals surface area contributed by atoms with Crippen molar-refractivity contribution < 1.29 is 9.53 Å². The Morgan fingerprint density at radius 2 is 1.83 bits per heavy atom. The van der Waals surface area contributed by atoms with E-state index in [1.165, 1.54) is 5.56 Å². The van der Waals surface area contributed by atoms with Gasteiger partial charge in [0, 0.05) is 29.1 Å². The van der Waals surface area contributed by atoms with E-state index in [1.54, 1.807) is 30.5 Å². The molecule has 0 aliphatic rings. The molecule has 0 radical (unpaired) electrons. The number of hydrogen-bond acceptors (Lipinski definition) is 3. The molecule has 0 unspecified atom stereocenters. The quantitative estimate of drug-likeness (QED) is 0.448. The molecule has 1 heterocycles. The Morgan fingerprint density at radius 3 is 2.52 bits per heavy atom. The predicted molar refractivity (Wildman–Crippen MR) is 117 cm³/mol. The second-order valence-electron chi connectivity index (χ2n) is 6.97. The third-order valence-electron chi connectivity index (χ3n) is 4.76. The summed E-state index contributed by atoms with van der Waals surface area (Å²) in [5, 5.41) is 4.14. The number of rotatable bonds is 8. The minimum Gasteiger partial charge on any atom is -0.494 e. The van der Waals surface area contributed by atoms with Crippen LogP contribution in [0.2, 0.25) is 0 Å². The number of nitrogens with one attached hydrogen (secondary N) is 1. The molecule has 0 saturated carbocycles. The number of carbonyl (C=O) groups is 1. The van der Waals surface area contributed by atoms with Crippen molar-refractivity contribution in [3.63, 3.8) is 0 Å². The zero-order chi connectivity index (χ0) is 20.6. The van der Waals surface area contributed by atoms with Crippen molar-refractivity contribution in [2.75, 3.05) is 6.61 Å². The molecule has 0 fully saturated rings. The lowest BCUT2D eigenvalue weighted by Gasteiger charge is -2.09. The van der Waals surface area contributed by atoms with Gasteiger partial charge in [0.1, 0.15) is 5.75 Å². The molecule has 3 aromatic rings. The number of carbonyl (C=O) groups excluding carboxylic acids is 1. The lowest BCUT2D eigenvalue weighted by Crippen LogP contribution is -2.17. The maximum absolute atomic E-state index is 12.3. The van der Waals surface area contributed by atoms with E-state index >= 15 is 0 Å². The Balaban J connectivity index is 1.63. The van der Waals surface area contributed by atoms with Crippen LogP contribution < -0.4 is 10.2 Å². The summed E-state index contributed by atoms with van der Waals surface area (Å²) in [6.07, 6.45) is 2.64. The molecular formula is C24H27N3O2. The monoisotopic (exact) mass is 389 g/mol. The summed E-state index contributed by atoms with van der Waals surface area (Å²) in [6, 6.07) is 19.5. The molecule has 1 N–H and O–H groups in total. The molecule has 2 aromatic carbocycles. The average molecular weight is 389 g/mol. The Labute approximate surface area is 172 Å². The highest BCUT2D eigenvalue weighted by Crippen LogP contribution is 2.16. The first-order chi connectivity index (χ1) is 14.1. The van der Waals surface area contributed by atoms with Crippen LogP contribution in [0.15, 0.2) is 65.8 Å². The smallest absolute Gasteiger partial charge is 0.271 e. The van der Waals surface area contributed by atoms with Gasteiger partial charge in [0.05, 0.1) is 12.8 Å². The van der Waals surface area contributed by atoms with Crippen LogP contribution in [0.3, 0.4) is 0 Å². The van der Waals surface area contributed by atoms with Crippen molar-refractivity contribution in [3.05, 3.63) is 88.7 Å². The zero-order valence-corrected chi connectivity index (χ0v) is 17.2. The van der Waals surface area contributed by atoms with E-state index in [-0.39, 0.29) is 5.91 Å². The van der Waals surface area contributed by atoms with Crippen LogP contribution in [-0.4, -0.2) is 23.3 Å². The van der Waals surface area contributed by atoms with Crippen molar-refractivity contribution >= 4 is 12.1 Å². The first kappa shape index (κ1) is 20.4. The molecule has 0 spiro atoms. The molecule has 1 amide bonds. The molecule has 0 saturated heterocycles. The van der Waals surface area contributed by atoms with Gasteiger partial charge in [0.25, 0.3) is 5.91 Å². The second-order valence-corrected chi connectivity index (χ2v) is 6.97. The highest BCUT2D eigenvalue weighted by Gasteiger charge is 2.09. The van der Waals surface area contributed by atoms with Crippen LogP contribution in [-0.2, 0) is 6.54 Å². The number of aromatic nitrogens is 1. The molecule has 0 bridgehead atoms. The molecule has 0 atom stereocenters. The van der Waals surface area contributed by atoms with Gasteiger partial charge in [0.2, 0.25) is 0 Å². The Bertz CT molecular complexity index is 973. The summed E-state index contributed by atoms with van der Waals surface area (Å²) >= 11 is 0. The van der Waals surface area contributed by atoms with Crippen LogP contribution in [0.5, 0.6) is 5.75 Å². The minimum absolute atomic E-state index is 0.249. The number of aryl methyl sites for hydroxylation is 1.